The smallest absolute Gasteiger partial charge is 0.219 e. The first-order valence-corrected chi connectivity index (χ1v) is 12.4. The van der Waals surface area contributed by atoms with Crippen LogP contribution in [-0.4, -0.2) is 71.7 Å². The van der Waals surface area contributed by atoms with Crippen LogP contribution in [0.1, 0.15) is 18.4 Å². The third kappa shape index (κ3) is 6.44. The first-order valence-electron chi connectivity index (χ1n) is 10.6. The predicted octanol–water partition coefficient (Wildman–Crippen LogP) is 3.83. The van der Waals surface area contributed by atoms with Crippen molar-refractivity contribution in [1.29, 1.82) is 0 Å². The number of anilines is 1. The molecule has 0 radical (unpaired) electrons. The second-order valence-corrected chi connectivity index (χ2v) is 9.48. The molecule has 7 nitrogen and oxygen atoms in total. The molecule has 4 rings (SSSR count). The molecule has 174 valence electrons. The van der Waals surface area contributed by atoms with Gasteiger partial charge in [0.05, 0.1) is 13.2 Å². The summed E-state index contributed by atoms with van der Waals surface area (Å²) >= 11 is 2.73. The number of hydrogen-bond donors (Lipinski definition) is 1. The molecule has 1 N–H and O–H groups in total. The van der Waals surface area contributed by atoms with Gasteiger partial charge in [0.25, 0.3) is 0 Å². The molecule has 1 aromatic carbocycles. The van der Waals surface area contributed by atoms with Crippen LogP contribution in [0.5, 0.6) is 5.88 Å². The second-order valence-electron chi connectivity index (χ2n) is 7.64. The van der Waals surface area contributed by atoms with Gasteiger partial charge in [-0.2, -0.15) is 4.98 Å². The van der Waals surface area contributed by atoms with E-state index in [1.807, 2.05) is 0 Å². The lowest BCUT2D eigenvalue weighted by atomic mass is 10.2. The van der Waals surface area contributed by atoms with Gasteiger partial charge in [-0.25, -0.2) is 18.1 Å². The molecule has 0 amide bonds. The Labute approximate surface area is 195 Å². The Balaban J connectivity index is 1.28. The molecule has 2 aliphatic heterocycles. The van der Waals surface area contributed by atoms with Gasteiger partial charge in [-0.1, -0.05) is 23.9 Å². The molecule has 2 saturated heterocycles. The summed E-state index contributed by atoms with van der Waals surface area (Å²) in [4.78, 5) is 11.3. The molecule has 0 spiro atoms. The molecule has 2 fully saturated rings. The van der Waals surface area contributed by atoms with Crippen LogP contribution in [0.4, 0.5) is 14.6 Å². The SMILES string of the molecule is COc1cc(NSN2CCN(CC3CCCO3)CC2)nc(SCc2cccc(F)c2F)n1. The van der Waals surface area contributed by atoms with Crippen molar-refractivity contribution in [1.82, 2.24) is 19.2 Å². The minimum Gasteiger partial charge on any atom is -0.481 e. The van der Waals surface area contributed by atoms with Crippen molar-refractivity contribution >= 4 is 29.7 Å². The molecular formula is C21H27F2N5O2S2. The highest BCUT2D eigenvalue weighted by atomic mass is 32.2. The molecule has 2 aromatic rings. The summed E-state index contributed by atoms with van der Waals surface area (Å²) in [7, 11) is 1.53. The number of hydrogen-bond acceptors (Lipinski definition) is 9. The summed E-state index contributed by atoms with van der Waals surface area (Å²) in [6.45, 7) is 5.79. The van der Waals surface area contributed by atoms with Crippen LogP contribution in [0.15, 0.2) is 29.4 Å². The van der Waals surface area contributed by atoms with E-state index in [2.05, 4.69) is 23.9 Å². The van der Waals surface area contributed by atoms with E-state index in [0.717, 1.165) is 51.8 Å². The molecule has 1 atom stereocenters. The van der Waals surface area contributed by atoms with Gasteiger partial charge in [-0.3, -0.25) is 4.90 Å². The van der Waals surface area contributed by atoms with E-state index in [9.17, 15) is 8.78 Å². The molecule has 1 unspecified atom stereocenters. The summed E-state index contributed by atoms with van der Waals surface area (Å²) in [6.07, 6.45) is 2.72. The van der Waals surface area contributed by atoms with Crippen LogP contribution in [0.3, 0.4) is 0 Å². The van der Waals surface area contributed by atoms with Gasteiger partial charge < -0.3 is 14.2 Å². The number of halogens is 2. The van der Waals surface area contributed by atoms with Crippen LogP contribution in [0, 0.1) is 11.6 Å². The highest BCUT2D eigenvalue weighted by Crippen LogP contribution is 2.27. The Morgan fingerprint density at radius 2 is 2.06 bits per heavy atom. The maximum atomic E-state index is 13.9. The van der Waals surface area contributed by atoms with E-state index in [4.69, 9.17) is 9.47 Å². The molecule has 11 heteroatoms. The van der Waals surface area contributed by atoms with Gasteiger partial charge >= 0.3 is 0 Å². The number of rotatable bonds is 9. The zero-order valence-electron chi connectivity index (χ0n) is 17.9. The largest absolute Gasteiger partial charge is 0.481 e. The zero-order valence-corrected chi connectivity index (χ0v) is 19.6. The average molecular weight is 484 g/mol. The summed E-state index contributed by atoms with van der Waals surface area (Å²) in [5.74, 6) is -0.465. The second kappa shape index (κ2) is 11.5. The average Bonchev–Trinajstić information content (AvgIpc) is 3.32. The standard InChI is InChI=1S/C21H27F2N5O2S2/c1-29-19-12-18(24-21(25-19)31-14-15-4-2-6-17(22)20(15)23)26-32-28-9-7-27(8-10-28)13-16-5-3-11-30-16/h2,4,6,12,16H,3,5,7-11,13-14H2,1H3,(H,24,25,26). The summed E-state index contributed by atoms with van der Waals surface area (Å²) in [5.41, 5.74) is 0.270. The van der Waals surface area contributed by atoms with Crippen molar-refractivity contribution in [3.63, 3.8) is 0 Å². The number of aromatic nitrogens is 2. The Morgan fingerprint density at radius 1 is 1.22 bits per heavy atom. The van der Waals surface area contributed by atoms with Gasteiger partial charge in [0, 0.05) is 68.8 Å². The number of nitrogens with one attached hydrogen (secondary N) is 1. The van der Waals surface area contributed by atoms with Crippen LogP contribution >= 0.6 is 23.9 Å². The fraction of sp³-hybridized carbons (Fsp3) is 0.524. The lowest BCUT2D eigenvalue weighted by Gasteiger charge is -2.34. The van der Waals surface area contributed by atoms with Crippen molar-refractivity contribution in [3.8, 4) is 5.88 Å². The third-order valence-electron chi connectivity index (χ3n) is 5.38. The molecule has 0 bridgehead atoms. The predicted molar refractivity (Wildman–Crippen MR) is 123 cm³/mol. The van der Waals surface area contributed by atoms with Crippen molar-refractivity contribution in [2.24, 2.45) is 0 Å². The van der Waals surface area contributed by atoms with Crippen molar-refractivity contribution in [2.75, 3.05) is 51.2 Å². The molecule has 0 aliphatic carbocycles. The van der Waals surface area contributed by atoms with E-state index in [0.29, 0.717) is 23.0 Å². The lowest BCUT2D eigenvalue weighted by Crippen LogP contribution is -2.46. The topological polar surface area (TPSA) is 62.8 Å². The van der Waals surface area contributed by atoms with E-state index >= 15 is 0 Å². The lowest BCUT2D eigenvalue weighted by molar-refractivity contribution is 0.0627. The number of piperazine rings is 1. The molecule has 1 aromatic heterocycles. The quantitative estimate of drug-likeness (QED) is 0.326. The molecule has 0 saturated carbocycles. The summed E-state index contributed by atoms with van der Waals surface area (Å²) < 4.78 is 43.9. The Bertz CT molecular complexity index is 896. The van der Waals surface area contributed by atoms with Gasteiger partial charge in [0.15, 0.2) is 16.8 Å². The van der Waals surface area contributed by atoms with Gasteiger partial charge in [-0.15, -0.1) is 0 Å². The van der Waals surface area contributed by atoms with E-state index in [-0.39, 0.29) is 11.3 Å². The Kier molecular flexibility index (Phi) is 8.42. The first-order chi connectivity index (χ1) is 15.6. The summed E-state index contributed by atoms with van der Waals surface area (Å²) in [5, 5.41) is 0.428. The fourth-order valence-electron chi connectivity index (χ4n) is 3.62. The van der Waals surface area contributed by atoms with Crippen LogP contribution in [0.25, 0.3) is 0 Å². The number of thioether (sulfide) groups is 1. The third-order valence-corrected chi connectivity index (χ3v) is 7.20. The first kappa shape index (κ1) is 23.5. The molecule has 2 aliphatic rings. The minimum atomic E-state index is -0.857. The Hall–Kier alpha value is -1.66. The minimum absolute atomic E-state index is 0.218. The van der Waals surface area contributed by atoms with Crippen LogP contribution < -0.4 is 9.46 Å². The zero-order chi connectivity index (χ0) is 22.3. The molecule has 3 heterocycles. The highest BCUT2D eigenvalue weighted by molar-refractivity contribution is 7.98. The fourth-order valence-corrected chi connectivity index (χ4v) is 5.12. The molecular weight excluding hydrogens is 456 g/mol. The summed E-state index contributed by atoms with van der Waals surface area (Å²) in [6, 6.07) is 5.87. The Morgan fingerprint density at radius 3 is 2.81 bits per heavy atom. The normalized spacial score (nSPS) is 19.9. The van der Waals surface area contributed by atoms with Gasteiger partial charge in [0.1, 0.15) is 5.82 Å². The molecule has 32 heavy (non-hydrogen) atoms. The van der Waals surface area contributed by atoms with Crippen LogP contribution in [-0.2, 0) is 10.5 Å². The van der Waals surface area contributed by atoms with Crippen molar-refractivity contribution < 1.29 is 18.3 Å². The number of methoxy groups -OCH3 is 1. The van der Waals surface area contributed by atoms with E-state index in [1.165, 1.54) is 43.5 Å². The van der Waals surface area contributed by atoms with Crippen molar-refractivity contribution in [3.05, 3.63) is 41.5 Å². The van der Waals surface area contributed by atoms with Crippen molar-refractivity contribution in [2.45, 2.75) is 29.9 Å². The van der Waals surface area contributed by atoms with Gasteiger partial charge in [0.2, 0.25) is 5.88 Å². The number of nitrogens with zero attached hydrogens (tertiary/aromatic N) is 4. The maximum absolute atomic E-state index is 13.9. The van der Waals surface area contributed by atoms with E-state index in [1.54, 1.807) is 12.1 Å². The van der Waals surface area contributed by atoms with E-state index < -0.39 is 11.6 Å². The maximum Gasteiger partial charge on any atom is 0.219 e. The number of benzene rings is 1. The highest BCUT2D eigenvalue weighted by Gasteiger charge is 2.23. The monoisotopic (exact) mass is 483 g/mol. The number of ether oxygens (including phenoxy) is 2. The van der Waals surface area contributed by atoms with Gasteiger partial charge in [-0.05, 0) is 18.9 Å². The van der Waals surface area contributed by atoms with Crippen LogP contribution in [0.2, 0.25) is 0 Å².